The van der Waals surface area contributed by atoms with E-state index < -0.39 is 11.7 Å². The number of amides is 1. The normalized spacial score (nSPS) is 13.1. The number of benzene rings is 2. The largest absolute Gasteiger partial charge is 0.445 e. The van der Waals surface area contributed by atoms with Crippen LogP contribution in [0.25, 0.3) is 0 Å². The van der Waals surface area contributed by atoms with E-state index in [0.29, 0.717) is 6.42 Å². The quantitative estimate of drug-likeness (QED) is 0.728. The van der Waals surface area contributed by atoms with Gasteiger partial charge in [-0.15, -0.1) is 0 Å². The Morgan fingerprint density at radius 2 is 1.61 bits per heavy atom. The summed E-state index contributed by atoms with van der Waals surface area (Å²) in [6.45, 7) is 0.263. The highest BCUT2D eigenvalue weighted by Crippen LogP contribution is 2.12. The minimum atomic E-state index is -1.20. The van der Waals surface area contributed by atoms with E-state index in [1.807, 2.05) is 60.7 Å². The number of carbonyl (C=O) groups excluding carboxylic acids is 1. The summed E-state index contributed by atoms with van der Waals surface area (Å²) in [7, 11) is 0. The van der Waals surface area contributed by atoms with E-state index in [1.54, 1.807) is 0 Å². The molecule has 23 heavy (non-hydrogen) atoms. The lowest BCUT2D eigenvalue weighted by Gasteiger charge is -2.26. The van der Waals surface area contributed by atoms with Gasteiger partial charge < -0.3 is 20.9 Å². The molecule has 0 aromatic heterocycles. The third kappa shape index (κ3) is 5.73. The third-order valence-corrected chi connectivity index (χ3v) is 3.53. The molecule has 5 nitrogen and oxygen atoms in total. The van der Waals surface area contributed by atoms with Crippen molar-refractivity contribution in [1.82, 2.24) is 5.32 Å². The van der Waals surface area contributed by atoms with E-state index in [2.05, 4.69) is 5.32 Å². The van der Waals surface area contributed by atoms with Gasteiger partial charge in [0.25, 0.3) is 0 Å². The average molecular weight is 314 g/mol. The van der Waals surface area contributed by atoms with Crippen molar-refractivity contribution in [3.8, 4) is 0 Å². The van der Waals surface area contributed by atoms with Crippen LogP contribution in [-0.4, -0.2) is 29.9 Å². The molecule has 1 atom stereocenters. The summed E-state index contributed by atoms with van der Waals surface area (Å²) in [4.78, 5) is 11.7. The van der Waals surface area contributed by atoms with Crippen molar-refractivity contribution in [3.05, 3.63) is 71.8 Å². The van der Waals surface area contributed by atoms with E-state index in [4.69, 9.17) is 10.5 Å². The molecule has 0 aliphatic carbocycles. The Morgan fingerprint density at radius 1 is 1.04 bits per heavy atom. The maximum Gasteiger partial charge on any atom is 0.407 e. The molecule has 0 fully saturated rings. The lowest BCUT2D eigenvalue weighted by Crippen LogP contribution is -2.50. The monoisotopic (exact) mass is 314 g/mol. The van der Waals surface area contributed by atoms with E-state index in [0.717, 1.165) is 11.1 Å². The standard InChI is InChI=1S/C18H22N2O3/c19-13-18(22,11-15-7-3-1-4-8-15)14-20-17(21)23-12-16-9-5-2-6-10-16/h1-10,22H,11-14,19H2,(H,20,21). The molecule has 0 spiro atoms. The van der Waals surface area contributed by atoms with Crippen LogP contribution in [0, 0.1) is 0 Å². The van der Waals surface area contributed by atoms with Crippen molar-refractivity contribution in [2.45, 2.75) is 18.6 Å². The van der Waals surface area contributed by atoms with Crippen LogP contribution >= 0.6 is 0 Å². The van der Waals surface area contributed by atoms with Gasteiger partial charge in [-0.25, -0.2) is 4.79 Å². The molecular weight excluding hydrogens is 292 g/mol. The first kappa shape index (κ1) is 17.0. The van der Waals surface area contributed by atoms with Gasteiger partial charge >= 0.3 is 6.09 Å². The third-order valence-electron chi connectivity index (χ3n) is 3.53. The van der Waals surface area contributed by atoms with Crippen molar-refractivity contribution >= 4 is 6.09 Å². The van der Waals surface area contributed by atoms with Gasteiger partial charge in [0.05, 0.1) is 12.1 Å². The van der Waals surface area contributed by atoms with Crippen LogP contribution < -0.4 is 11.1 Å². The average Bonchev–Trinajstić information content (AvgIpc) is 2.60. The maximum absolute atomic E-state index is 11.7. The Hall–Kier alpha value is -2.37. The van der Waals surface area contributed by atoms with Gasteiger partial charge in [-0.2, -0.15) is 0 Å². The van der Waals surface area contributed by atoms with Gasteiger partial charge in [-0.05, 0) is 11.1 Å². The number of hydrogen-bond acceptors (Lipinski definition) is 4. The predicted octanol–water partition coefficient (Wildman–Crippen LogP) is 1.85. The number of ether oxygens (including phenoxy) is 1. The summed E-state index contributed by atoms with van der Waals surface area (Å²) in [6, 6.07) is 18.9. The second-order valence-electron chi connectivity index (χ2n) is 5.51. The van der Waals surface area contributed by atoms with Gasteiger partial charge in [0, 0.05) is 13.0 Å². The zero-order valence-corrected chi connectivity index (χ0v) is 12.9. The van der Waals surface area contributed by atoms with Crippen LogP contribution in [0.1, 0.15) is 11.1 Å². The molecule has 0 aliphatic rings. The number of aliphatic hydroxyl groups is 1. The molecule has 2 aromatic rings. The zero-order valence-electron chi connectivity index (χ0n) is 12.9. The summed E-state index contributed by atoms with van der Waals surface area (Å²) < 4.78 is 5.12. The van der Waals surface area contributed by atoms with Crippen LogP contribution in [0.4, 0.5) is 4.79 Å². The number of hydrogen-bond donors (Lipinski definition) is 3. The van der Waals surface area contributed by atoms with E-state index in [1.165, 1.54) is 0 Å². The van der Waals surface area contributed by atoms with E-state index >= 15 is 0 Å². The molecule has 0 heterocycles. The van der Waals surface area contributed by atoms with Gasteiger partial charge in [0.1, 0.15) is 6.61 Å². The summed E-state index contributed by atoms with van der Waals surface area (Å²) in [5.41, 5.74) is 6.32. The summed E-state index contributed by atoms with van der Waals surface area (Å²) in [5, 5.41) is 13.1. The van der Waals surface area contributed by atoms with Crippen molar-refractivity contribution in [1.29, 1.82) is 0 Å². The minimum absolute atomic E-state index is 0.0337. The van der Waals surface area contributed by atoms with Crippen molar-refractivity contribution in [3.63, 3.8) is 0 Å². The second kappa shape index (κ2) is 8.31. The summed E-state index contributed by atoms with van der Waals surface area (Å²) in [5.74, 6) is 0. The molecule has 122 valence electrons. The molecular formula is C18H22N2O3. The highest BCUT2D eigenvalue weighted by atomic mass is 16.5. The van der Waals surface area contributed by atoms with Crippen LogP contribution in [0.15, 0.2) is 60.7 Å². The second-order valence-corrected chi connectivity index (χ2v) is 5.51. The molecule has 0 saturated carbocycles. The Balaban J connectivity index is 1.81. The Bertz CT molecular complexity index is 604. The fourth-order valence-electron chi connectivity index (χ4n) is 2.19. The molecule has 0 radical (unpaired) electrons. The van der Waals surface area contributed by atoms with Gasteiger partial charge in [0.15, 0.2) is 0 Å². The minimum Gasteiger partial charge on any atom is -0.445 e. The molecule has 5 heteroatoms. The molecule has 0 bridgehead atoms. The number of alkyl carbamates (subject to hydrolysis) is 1. The fraction of sp³-hybridized carbons (Fsp3) is 0.278. The molecule has 2 rings (SSSR count). The van der Waals surface area contributed by atoms with Crippen molar-refractivity contribution in [2.75, 3.05) is 13.1 Å². The topological polar surface area (TPSA) is 84.6 Å². The Kier molecular flexibility index (Phi) is 6.14. The van der Waals surface area contributed by atoms with Crippen LogP contribution in [0.2, 0.25) is 0 Å². The van der Waals surface area contributed by atoms with E-state index in [9.17, 15) is 9.90 Å². The smallest absolute Gasteiger partial charge is 0.407 e. The molecule has 0 saturated heterocycles. The first-order valence-corrected chi connectivity index (χ1v) is 7.52. The maximum atomic E-state index is 11.7. The number of nitrogens with one attached hydrogen (secondary N) is 1. The van der Waals surface area contributed by atoms with Crippen molar-refractivity contribution in [2.24, 2.45) is 5.73 Å². The summed E-state index contributed by atoms with van der Waals surface area (Å²) >= 11 is 0. The zero-order chi connectivity index (χ0) is 16.5. The lowest BCUT2D eigenvalue weighted by atomic mass is 9.94. The van der Waals surface area contributed by atoms with E-state index in [-0.39, 0.29) is 19.7 Å². The van der Waals surface area contributed by atoms with Gasteiger partial charge in [-0.1, -0.05) is 60.7 Å². The highest BCUT2D eigenvalue weighted by Gasteiger charge is 2.26. The Labute approximate surface area is 136 Å². The predicted molar refractivity (Wildman–Crippen MR) is 88.8 cm³/mol. The van der Waals surface area contributed by atoms with Crippen LogP contribution in [-0.2, 0) is 17.8 Å². The molecule has 4 N–H and O–H groups in total. The summed E-state index contributed by atoms with van der Waals surface area (Å²) in [6.07, 6.45) is -0.211. The fourth-order valence-corrected chi connectivity index (χ4v) is 2.19. The molecule has 2 aromatic carbocycles. The molecule has 0 aliphatic heterocycles. The van der Waals surface area contributed by atoms with Crippen LogP contribution in [0.3, 0.4) is 0 Å². The highest BCUT2D eigenvalue weighted by molar-refractivity contribution is 5.67. The lowest BCUT2D eigenvalue weighted by molar-refractivity contribution is 0.0462. The van der Waals surface area contributed by atoms with Gasteiger partial charge in [-0.3, -0.25) is 0 Å². The molecule has 1 amide bonds. The number of rotatable bonds is 7. The van der Waals surface area contributed by atoms with Gasteiger partial charge in [0.2, 0.25) is 0 Å². The molecule has 1 unspecified atom stereocenters. The van der Waals surface area contributed by atoms with Crippen molar-refractivity contribution < 1.29 is 14.6 Å². The van der Waals surface area contributed by atoms with Crippen LogP contribution in [0.5, 0.6) is 0 Å². The first-order valence-electron chi connectivity index (χ1n) is 7.52. The SMILES string of the molecule is NCC(O)(CNC(=O)OCc1ccccc1)Cc1ccccc1. The number of nitrogens with two attached hydrogens (primary N) is 1. The number of carbonyl (C=O) groups is 1. The first-order chi connectivity index (χ1) is 11.1. The Morgan fingerprint density at radius 3 is 2.17 bits per heavy atom.